The Morgan fingerprint density at radius 2 is 1.89 bits per heavy atom. The Morgan fingerprint density at radius 1 is 1.14 bits per heavy atom. The highest BCUT2D eigenvalue weighted by atomic mass is 16.6. The van der Waals surface area contributed by atoms with Gasteiger partial charge in [-0.3, -0.25) is 9.69 Å². The van der Waals surface area contributed by atoms with Gasteiger partial charge in [-0.25, -0.2) is 10.1 Å². The Morgan fingerprint density at radius 3 is 2.59 bits per heavy atom. The first-order chi connectivity index (χ1) is 18.1. The monoisotopic (exact) mass is 499 g/mol. The molecule has 1 aliphatic rings. The zero-order valence-corrected chi connectivity index (χ0v) is 20.6. The van der Waals surface area contributed by atoms with Crippen molar-refractivity contribution in [3.8, 4) is 5.82 Å². The molecule has 11 nitrogen and oxygen atoms in total. The number of nitrogens with one attached hydrogen (secondary N) is 1. The van der Waals surface area contributed by atoms with Gasteiger partial charge in [0.15, 0.2) is 5.69 Å². The van der Waals surface area contributed by atoms with Crippen LogP contribution in [0.4, 0.5) is 5.82 Å². The first-order valence-corrected chi connectivity index (χ1v) is 12.3. The van der Waals surface area contributed by atoms with Crippen LogP contribution >= 0.6 is 0 Å². The van der Waals surface area contributed by atoms with Gasteiger partial charge in [0.2, 0.25) is 11.6 Å². The molecule has 190 valence electrons. The lowest BCUT2D eigenvalue weighted by Gasteiger charge is -2.32. The molecule has 1 saturated heterocycles. The average molecular weight is 500 g/mol. The largest absolute Gasteiger partial charge is 0.378 e. The average Bonchev–Trinajstić information content (AvgIpc) is 3.52. The van der Waals surface area contributed by atoms with E-state index in [0.29, 0.717) is 18.2 Å². The van der Waals surface area contributed by atoms with Gasteiger partial charge in [-0.2, -0.15) is 9.78 Å². The first kappa shape index (κ1) is 24.3. The van der Waals surface area contributed by atoms with Gasteiger partial charge >= 0.3 is 0 Å². The van der Waals surface area contributed by atoms with Gasteiger partial charge in [-0.05, 0) is 66.6 Å². The molecule has 4 aromatic rings. The number of nitrogen functional groups attached to an aromatic ring is 1. The number of hydrogen-bond acceptors (Lipinski definition) is 9. The summed E-state index contributed by atoms with van der Waals surface area (Å²) in [5.41, 5.74) is 12.5. The van der Waals surface area contributed by atoms with Crippen LogP contribution in [0.3, 0.4) is 0 Å². The van der Waals surface area contributed by atoms with Crippen molar-refractivity contribution in [1.29, 1.82) is 0 Å². The Kier molecular flexibility index (Phi) is 7.31. The van der Waals surface area contributed by atoms with E-state index in [9.17, 15) is 4.79 Å². The molecule has 11 heteroatoms. The number of rotatable bonds is 8. The van der Waals surface area contributed by atoms with Gasteiger partial charge in [0.1, 0.15) is 0 Å². The van der Waals surface area contributed by atoms with Crippen LogP contribution in [-0.2, 0) is 13.0 Å². The van der Waals surface area contributed by atoms with E-state index in [0.717, 1.165) is 43.5 Å². The Labute approximate surface area is 214 Å². The van der Waals surface area contributed by atoms with Crippen molar-refractivity contribution in [2.75, 3.05) is 18.8 Å². The molecule has 2 aromatic carbocycles. The molecule has 0 aliphatic carbocycles. The number of carbonyl (C=O) groups excluding carboxylic acids is 1. The van der Waals surface area contributed by atoms with Crippen molar-refractivity contribution in [1.82, 2.24) is 35.6 Å². The van der Waals surface area contributed by atoms with Crippen LogP contribution < -0.4 is 11.2 Å². The van der Waals surface area contributed by atoms with Crippen molar-refractivity contribution >= 4 is 17.9 Å². The zero-order valence-electron chi connectivity index (χ0n) is 20.6. The number of amides is 1. The van der Waals surface area contributed by atoms with Crippen LogP contribution in [0.1, 0.15) is 45.7 Å². The molecule has 0 atom stereocenters. The second-order valence-corrected chi connectivity index (χ2v) is 9.29. The summed E-state index contributed by atoms with van der Waals surface area (Å²) in [6, 6.07) is 18.4. The number of hydrogen-bond donors (Lipinski definition) is 2. The number of aromatic nitrogens is 5. The third-order valence-electron chi connectivity index (χ3n) is 6.58. The molecule has 0 spiro atoms. The van der Waals surface area contributed by atoms with Gasteiger partial charge < -0.3 is 5.73 Å². The highest BCUT2D eigenvalue weighted by Gasteiger charge is 2.27. The van der Waals surface area contributed by atoms with Crippen molar-refractivity contribution in [3.63, 3.8) is 0 Å². The van der Waals surface area contributed by atoms with Gasteiger partial charge in [0, 0.05) is 6.54 Å². The van der Waals surface area contributed by atoms with Gasteiger partial charge in [-0.15, -0.1) is 5.10 Å². The number of anilines is 1. The van der Waals surface area contributed by atoms with Crippen molar-refractivity contribution in [3.05, 3.63) is 82.7 Å². The molecule has 0 bridgehead atoms. The first-order valence-electron chi connectivity index (χ1n) is 12.3. The number of nitrogens with zero attached hydrogens (tertiary/aromatic N) is 7. The lowest BCUT2D eigenvalue weighted by Crippen LogP contribution is -2.35. The van der Waals surface area contributed by atoms with Crippen LogP contribution in [-0.4, -0.2) is 55.4 Å². The van der Waals surface area contributed by atoms with E-state index in [-0.39, 0.29) is 17.3 Å². The standard InChI is InChI=1S/C26H29N9O2/c1-18-7-9-21(10-8-18)16-28-30-26(36)23-22(35(33-29-23)25-24(27)31-37-32-25)17-34-13-11-20(12-14-34)15-19-5-3-2-4-6-19/h2-10,16,20H,11-15,17H2,1H3,(H2,27,31)(H,30,36). The highest BCUT2D eigenvalue weighted by Crippen LogP contribution is 2.24. The Bertz CT molecular complexity index is 1350. The SMILES string of the molecule is Cc1ccc(C=NNC(=O)c2nnn(-c3nonc3N)c2CN2CCC(Cc3ccccc3)CC2)cc1. The van der Waals surface area contributed by atoms with Crippen molar-refractivity contribution in [2.24, 2.45) is 11.0 Å². The minimum atomic E-state index is -0.474. The van der Waals surface area contributed by atoms with E-state index in [1.807, 2.05) is 37.3 Å². The van der Waals surface area contributed by atoms with Crippen molar-refractivity contribution < 1.29 is 9.42 Å². The summed E-state index contributed by atoms with van der Waals surface area (Å²) in [4.78, 5) is 15.3. The summed E-state index contributed by atoms with van der Waals surface area (Å²) in [7, 11) is 0. The molecular formula is C26H29N9O2. The maximum Gasteiger partial charge on any atom is 0.293 e. The fourth-order valence-electron chi connectivity index (χ4n) is 4.51. The Hall–Kier alpha value is -4.38. The number of carbonyl (C=O) groups is 1. The van der Waals surface area contributed by atoms with E-state index in [1.165, 1.54) is 10.2 Å². The van der Waals surface area contributed by atoms with E-state index < -0.39 is 5.91 Å². The number of hydrazone groups is 1. The molecule has 3 N–H and O–H groups in total. The van der Waals surface area contributed by atoms with E-state index in [1.54, 1.807) is 6.21 Å². The van der Waals surface area contributed by atoms with E-state index in [4.69, 9.17) is 10.4 Å². The molecule has 0 unspecified atom stereocenters. The number of piperidine rings is 1. The lowest BCUT2D eigenvalue weighted by atomic mass is 9.90. The maximum atomic E-state index is 13.0. The summed E-state index contributed by atoms with van der Waals surface area (Å²) in [5, 5.41) is 19.8. The fraction of sp³-hybridized carbons (Fsp3) is 0.308. The smallest absolute Gasteiger partial charge is 0.293 e. The third-order valence-corrected chi connectivity index (χ3v) is 6.58. The predicted octanol–water partition coefficient (Wildman–Crippen LogP) is 2.76. The number of aryl methyl sites for hydroxylation is 1. The third kappa shape index (κ3) is 5.89. The fourth-order valence-corrected chi connectivity index (χ4v) is 4.51. The minimum Gasteiger partial charge on any atom is -0.378 e. The lowest BCUT2D eigenvalue weighted by molar-refractivity contribution is 0.0946. The molecule has 0 saturated carbocycles. The van der Waals surface area contributed by atoms with Crippen LogP contribution in [0.15, 0.2) is 64.3 Å². The molecular weight excluding hydrogens is 470 g/mol. The number of nitrogens with two attached hydrogens (primary N) is 1. The maximum absolute atomic E-state index is 13.0. The van der Waals surface area contributed by atoms with E-state index >= 15 is 0 Å². The highest BCUT2D eigenvalue weighted by molar-refractivity contribution is 5.94. The van der Waals surface area contributed by atoms with Crippen LogP contribution in [0.2, 0.25) is 0 Å². The van der Waals surface area contributed by atoms with Crippen LogP contribution in [0, 0.1) is 12.8 Å². The molecule has 2 aromatic heterocycles. The summed E-state index contributed by atoms with van der Waals surface area (Å²) in [5.74, 6) is 0.412. The molecule has 0 radical (unpaired) electrons. The summed E-state index contributed by atoms with van der Waals surface area (Å²) in [6.07, 6.45) is 4.78. The summed E-state index contributed by atoms with van der Waals surface area (Å²) < 4.78 is 6.17. The van der Waals surface area contributed by atoms with Crippen LogP contribution in [0.5, 0.6) is 0 Å². The molecule has 5 rings (SSSR count). The molecule has 1 fully saturated rings. The van der Waals surface area contributed by atoms with Gasteiger partial charge in [0.25, 0.3) is 5.91 Å². The zero-order chi connectivity index (χ0) is 25.6. The second-order valence-electron chi connectivity index (χ2n) is 9.29. The summed E-state index contributed by atoms with van der Waals surface area (Å²) in [6.45, 7) is 4.24. The molecule has 3 heterocycles. The van der Waals surface area contributed by atoms with Gasteiger partial charge in [-0.1, -0.05) is 65.4 Å². The molecule has 1 aliphatic heterocycles. The molecule has 1 amide bonds. The topological polar surface area (TPSA) is 140 Å². The minimum absolute atomic E-state index is 0.0667. The Balaban J connectivity index is 1.29. The number of likely N-dealkylation sites (tertiary alicyclic amines) is 1. The van der Waals surface area contributed by atoms with Crippen LogP contribution in [0.25, 0.3) is 5.82 Å². The van der Waals surface area contributed by atoms with Gasteiger partial charge in [0.05, 0.1) is 11.9 Å². The normalized spacial score (nSPS) is 14.8. The van der Waals surface area contributed by atoms with Crippen molar-refractivity contribution in [2.45, 2.75) is 32.7 Å². The quantitative estimate of drug-likeness (QED) is 0.279. The molecule has 37 heavy (non-hydrogen) atoms. The predicted molar refractivity (Wildman–Crippen MR) is 138 cm³/mol. The number of benzene rings is 2. The second kappa shape index (κ2) is 11.1. The van der Waals surface area contributed by atoms with E-state index in [2.05, 4.69) is 60.3 Å². The summed E-state index contributed by atoms with van der Waals surface area (Å²) >= 11 is 0.